The van der Waals surface area contributed by atoms with Crippen molar-refractivity contribution < 1.29 is 56.8 Å². The molecule has 0 aromatic heterocycles. The highest BCUT2D eigenvalue weighted by atomic mass is 32.2. The van der Waals surface area contributed by atoms with Gasteiger partial charge in [-0.2, -0.15) is 8.42 Å². The molecule has 0 aromatic carbocycles. The zero-order valence-corrected chi connectivity index (χ0v) is 34.9. The number of hydrogen-bond acceptors (Lipinski definition) is 11. The van der Waals surface area contributed by atoms with E-state index < -0.39 is 71.2 Å². The maximum absolute atomic E-state index is 12.8. The Balaban J connectivity index is 2.50. The average molecular weight is 805 g/mol. The summed E-state index contributed by atoms with van der Waals surface area (Å²) in [6.07, 6.45) is 25.1. The van der Waals surface area contributed by atoms with E-state index in [9.17, 15) is 37.9 Å². The zero-order valence-electron chi connectivity index (χ0n) is 34.0. The molecule has 13 heteroatoms. The van der Waals surface area contributed by atoms with E-state index in [0.717, 1.165) is 64.2 Å². The summed E-state index contributed by atoms with van der Waals surface area (Å²) in [7, 11) is -4.60. The monoisotopic (exact) mass is 805 g/mol. The van der Waals surface area contributed by atoms with Crippen molar-refractivity contribution in [3.63, 3.8) is 0 Å². The first-order valence-electron chi connectivity index (χ1n) is 21.4. The molecular formula is C42H76O12S. The lowest BCUT2D eigenvalue weighted by molar-refractivity contribution is -0.297. The second kappa shape index (κ2) is 33.1. The van der Waals surface area contributed by atoms with Crippen LogP contribution in [0.3, 0.4) is 0 Å². The molecule has 0 saturated carbocycles. The molecule has 1 aliphatic heterocycles. The Morgan fingerprint density at radius 2 is 1.04 bits per heavy atom. The number of carbonyl (C=O) groups is 2. The van der Waals surface area contributed by atoms with E-state index in [4.69, 9.17) is 18.9 Å². The van der Waals surface area contributed by atoms with Crippen LogP contribution in [0, 0.1) is 0 Å². The number of unbranched alkanes of at least 4 members (excludes halogenated alkanes) is 19. The highest BCUT2D eigenvalue weighted by Crippen LogP contribution is 2.24. The summed E-state index contributed by atoms with van der Waals surface area (Å²) in [5.41, 5.74) is 0. The maximum Gasteiger partial charge on any atom is 0.306 e. The molecule has 322 valence electrons. The Labute approximate surface area is 332 Å². The molecule has 1 fully saturated rings. The predicted octanol–water partition coefficient (Wildman–Crippen LogP) is 8.06. The molecule has 2 unspecified atom stereocenters. The van der Waals surface area contributed by atoms with Crippen LogP contribution < -0.4 is 0 Å². The van der Waals surface area contributed by atoms with Crippen LogP contribution >= 0.6 is 0 Å². The number of aliphatic hydroxyl groups is 3. The fourth-order valence-corrected chi connectivity index (χ4v) is 7.06. The van der Waals surface area contributed by atoms with Crippen molar-refractivity contribution in [3.8, 4) is 0 Å². The number of hydrogen-bond donors (Lipinski definition) is 4. The van der Waals surface area contributed by atoms with Crippen molar-refractivity contribution in [2.24, 2.45) is 0 Å². The summed E-state index contributed by atoms with van der Waals surface area (Å²) >= 11 is 0. The number of ether oxygens (including phenoxy) is 4. The molecule has 0 spiro atoms. The molecule has 0 bridgehead atoms. The molecule has 55 heavy (non-hydrogen) atoms. The van der Waals surface area contributed by atoms with Crippen LogP contribution in [0.4, 0.5) is 0 Å². The van der Waals surface area contributed by atoms with Gasteiger partial charge in [0, 0.05) is 12.8 Å². The van der Waals surface area contributed by atoms with E-state index in [1.165, 1.54) is 70.6 Å². The number of esters is 2. The Bertz CT molecular complexity index is 1130. The first-order chi connectivity index (χ1) is 26.5. The van der Waals surface area contributed by atoms with Gasteiger partial charge in [-0.3, -0.25) is 14.1 Å². The zero-order chi connectivity index (χ0) is 40.6. The Morgan fingerprint density at radius 1 is 0.600 bits per heavy atom. The minimum Gasteiger partial charge on any atom is -0.462 e. The molecule has 1 saturated heterocycles. The van der Waals surface area contributed by atoms with Crippen LogP contribution in [0.25, 0.3) is 0 Å². The Morgan fingerprint density at radius 3 is 1.53 bits per heavy atom. The van der Waals surface area contributed by atoms with Crippen LogP contribution in [0.2, 0.25) is 0 Å². The van der Waals surface area contributed by atoms with Gasteiger partial charge in [0.15, 0.2) is 12.4 Å². The van der Waals surface area contributed by atoms with E-state index in [1.54, 1.807) is 0 Å². The number of rotatable bonds is 35. The van der Waals surface area contributed by atoms with Gasteiger partial charge in [-0.1, -0.05) is 122 Å². The summed E-state index contributed by atoms with van der Waals surface area (Å²) in [5, 5.41) is 30.8. The smallest absolute Gasteiger partial charge is 0.306 e. The van der Waals surface area contributed by atoms with Gasteiger partial charge in [-0.25, -0.2) is 0 Å². The van der Waals surface area contributed by atoms with Crippen molar-refractivity contribution >= 4 is 22.1 Å². The first-order valence-corrected chi connectivity index (χ1v) is 23.0. The molecule has 1 aliphatic rings. The highest BCUT2D eigenvalue weighted by molar-refractivity contribution is 7.85. The fraction of sp³-hybridized carbons (Fsp3) is 0.857. The molecule has 1 rings (SSSR count). The minimum absolute atomic E-state index is 0.152. The van der Waals surface area contributed by atoms with Crippen molar-refractivity contribution in [2.45, 2.75) is 211 Å². The largest absolute Gasteiger partial charge is 0.462 e. The van der Waals surface area contributed by atoms with Crippen LogP contribution in [0.5, 0.6) is 0 Å². The Hall–Kier alpha value is -1.87. The van der Waals surface area contributed by atoms with E-state index in [2.05, 4.69) is 38.2 Å². The molecule has 0 aromatic rings. The van der Waals surface area contributed by atoms with Crippen LogP contribution in [-0.4, -0.2) is 96.0 Å². The molecule has 12 nitrogen and oxygen atoms in total. The van der Waals surface area contributed by atoms with Gasteiger partial charge in [0.1, 0.15) is 36.8 Å². The van der Waals surface area contributed by atoms with E-state index >= 15 is 0 Å². The lowest BCUT2D eigenvalue weighted by atomic mass is 10.00. The third-order valence-electron chi connectivity index (χ3n) is 9.75. The van der Waals surface area contributed by atoms with Gasteiger partial charge in [0.05, 0.1) is 6.61 Å². The van der Waals surface area contributed by atoms with Crippen molar-refractivity contribution in [2.75, 3.05) is 19.0 Å². The van der Waals surface area contributed by atoms with Gasteiger partial charge < -0.3 is 34.3 Å². The predicted molar refractivity (Wildman–Crippen MR) is 215 cm³/mol. The second-order valence-corrected chi connectivity index (χ2v) is 16.5. The van der Waals surface area contributed by atoms with E-state index in [0.29, 0.717) is 12.8 Å². The van der Waals surface area contributed by atoms with Crippen molar-refractivity contribution in [1.29, 1.82) is 0 Å². The number of aliphatic hydroxyl groups excluding tert-OH is 3. The maximum atomic E-state index is 12.8. The lowest BCUT2D eigenvalue weighted by Gasteiger charge is -2.40. The number of carbonyl (C=O) groups excluding carboxylic acids is 2. The summed E-state index contributed by atoms with van der Waals surface area (Å²) in [5.74, 6) is -2.01. The third kappa shape index (κ3) is 28.2. The molecule has 0 aliphatic carbocycles. The van der Waals surface area contributed by atoms with Gasteiger partial charge in [0.25, 0.3) is 10.1 Å². The van der Waals surface area contributed by atoms with Gasteiger partial charge >= 0.3 is 11.9 Å². The standard InChI is InChI=1S/C42H76O12S/c1-3-5-7-9-11-13-15-17-19-21-23-25-27-29-31-38(44)53-35(33-52-42-41(47)40(46)39(45)36(54-42)34-55(48,49)50)32-51-37(43)30-28-26-24-22-20-18-16-14-12-10-8-6-4-2/h15,17-18,20,35-36,39-42,45-47H,3-14,16,19,21-34H2,1-2H3,(H,48,49,50)/b17-15+,20-18+/t35-,36-,39-,40?,41?,42+/m1/s1. The van der Waals surface area contributed by atoms with Crippen LogP contribution in [0.1, 0.15) is 174 Å². The van der Waals surface area contributed by atoms with Gasteiger partial charge in [-0.05, 0) is 64.2 Å². The molecule has 1 heterocycles. The second-order valence-electron chi connectivity index (χ2n) is 15.0. The minimum atomic E-state index is -4.60. The van der Waals surface area contributed by atoms with E-state index in [-0.39, 0.29) is 19.4 Å². The SMILES string of the molecule is CCCCCCC/C=C/CCCCCCCC(=O)O[C@H](COC(=O)CCCCC/C=C/CCCCCCCC)CO[C@H]1O[C@H](CS(=O)(=O)O)[C@@H](O)C(O)C1O. The molecule has 6 atom stereocenters. The van der Waals surface area contributed by atoms with Crippen molar-refractivity contribution in [1.82, 2.24) is 0 Å². The summed E-state index contributed by atoms with van der Waals surface area (Å²) < 4.78 is 53.9. The van der Waals surface area contributed by atoms with Crippen LogP contribution in [-0.2, 0) is 38.7 Å². The molecule has 0 amide bonds. The quantitative estimate of drug-likeness (QED) is 0.0209. The molecule has 0 radical (unpaired) electrons. The van der Waals surface area contributed by atoms with E-state index in [1.807, 2.05) is 0 Å². The Kier molecular flexibility index (Phi) is 30.8. The molecule has 4 N–H and O–H groups in total. The van der Waals surface area contributed by atoms with Crippen LogP contribution in [0.15, 0.2) is 24.3 Å². The fourth-order valence-electron chi connectivity index (χ4n) is 6.37. The third-order valence-corrected chi connectivity index (χ3v) is 10.5. The summed E-state index contributed by atoms with van der Waals surface area (Å²) in [6, 6.07) is 0. The highest BCUT2D eigenvalue weighted by Gasteiger charge is 2.46. The topological polar surface area (TPSA) is 186 Å². The normalized spacial score (nSPS) is 21.0. The summed E-state index contributed by atoms with van der Waals surface area (Å²) in [6.45, 7) is 3.71. The van der Waals surface area contributed by atoms with Crippen molar-refractivity contribution in [3.05, 3.63) is 24.3 Å². The number of allylic oxidation sites excluding steroid dienone is 4. The molecular weight excluding hydrogens is 729 g/mol. The average Bonchev–Trinajstić information content (AvgIpc) is 3.14. The lowest BCUT2D eigenvalue weighted by Crippen LogP contribution is -2.60. The first kappa shape index (κ1) is 51.1. The van der Waals surface area contributed by atoms with Gasteiger partial charge in [0.2, 0.25) is 0 Å². The van der Waals surface area contributed by atoms with Gasteiger partial charge in [-0.15, -0.1) is 0 Å². The summed E-state index contributed by atoms with van der Waals surface area (Å²) in [4.78, 5) is 25.3.